The molecule has 0 atom stereocenters. The van der Waals surface area contributed by atoms with Gasteiger partial charge in [-0.15, -0.1) is 0 Å². The van der Waals surface area contributed by atoms with Crippen molar-refractivity contribution in [3.8, 4) is 5.75 Å². The third-order valence-electron chi connectivity index (χ3n) is 4.68. The number of methoxy groups -OCH3 is 1. The number of carboxylic acid groups (broad SMARTS) is 1. The molecule has 2 N–H and O–H groups in total. The van der Waals surface area contributed by atoms with Crippen LogP contribution in [0.3, 0.4) is 0 Å². The molecule has 0 aliphatic carbocycles. The minimum Gasteiger partial charge on any atom is -0.497 e. The second-order valence-electron chi connectivity index (χ2n) is 6.59. The number of hydrogen-bond donors (Lipinski definition) is 2. The Morgan fingerprint density at radius 1 is 1.18 bits per heavy atom. The van der Waals surface area contributed by atoms with Crippen molar-refractivity contribution < 1.29 is 19.4 Å². The van der Waals surface area contributed by atoms with E-state index in [1.54, 1.807) is 37.6 Å². The van der Waals surface area contributed by atoms with Gasteiger partial charge in [-0.1, -0.05) is 0 Å². The minimum atomic E-state index is -0.988. The van der Waals surface area contributed by atoms with Gasteiger partial charge in [-0.05, 0) is 60.9 Å². The first-order valence-corrected chi connectivity index (χ1v) is 9.12. The molecule has 1 aliphatic rings. The Bertz CT molecular complexity index is 839. The number of carbonyl (C=O) groups is 2. The number of anilines is 1. The number of rotatable bonds is 6. The van der Waals surface area contributed by atoms with E-state index in [2.05, 4.69) is 10.3 Å². The molecule has 1 aliphatic heterocycles. The van der Waals surface area contributed by atoms with Crippen LogP contribution in [0.4, 0.5) is 5.82 Å². The minimum absolute atomic E-state index is 0.0359. The van der Waals surface area contributed by atoms with E-state index in [1.807, 2.05) is 17.0 Å². The lowest BCUT2D eigenvalue weighted by molar-refractivity contribution is -0.131. The standard InChI is InChI=1S/C21H23N3O4/c1-28-18-6-4-16(5-7-18)21(27)24-12-10-17(11-13-24)23-19-8-2-15(14-22-19)3-9-20(25)26/h2-9,14,17H,10-13H2,1H3,(H,22,23)(H,25,26). The van der Waals surface area contributed by atoms with Crippen LogP contribution in [0.5, 0.6) is 5.75 Å². The van der Waals surface area contributed by atoms with Crippen LogP contribution in [0.25, 0.3) is 6.08 Å². The number of pyridine rings is 1. The van der Waals surface area contributed by atoms with Gasteiger partial charge in [-0.3, -0.25) is 4.79 Å². The van der Waals surface area contributed by atoms with E-state index in [4.69, 9.17) is 9.84 Å². The van der Waals surface area contributed by atoms with Crippen LogP contribution in [0.2, 0.25) is 0 Å². The Morgan fingerprint density at radius 3 is 2.46 bits per heavy atom. The van der Waals surface area contributed by atoms with Crippen molar-refractivity contribution in [3.05, 3.63) is 59.8 Å². The van der Waals surface area contributed by atoms with Crippen molar-refractivity contribution in [2.75, 3.05) is 25.5 Å². The van der Waals surface area contributed by atoms with Crippen LogP contribution in [-0.2, 0) is 4.79 Å². The molecule has 0 radical (unpaired) electrons. The molecule has 1 amide bonds. The SMILES string of the molecule is COc1ccc(C(=O)N2CCC(Nc3ccc(C=CC(=O)O)cn3)CC2)cc1. The molecule has 0 spiro atoms. The predicted molar refractivity (Wildman–Crippen MR) is 106 cm³/mol. The molecule has 2 heterocycles. The number of aromatic nitrogens is 1. The molecular weight excluding hydrogens is 358 g/mol. The number of aliphatic carboxylic acids is 1. The average molecular weight is 381 g/mol. The number of piperidine rings is 1. The van der Waals surface area contributed by atoms with Crippen molar-refractivity contribution in [1.82, 2.24) is 9.88 Å². The Morgan fingerprint density at radius 2 is 1.89 bits per heavy atom. The average Bonchev–Trinajstić information content (AvgIpc) is 2.73. The fourth-order valence-corrected chi connectivity index (χ4v) is 3.11. The third-order valence-corrected chi connectivity index (χ3v) is 4.68. The normalized spacial score (nSPS) is 14.8. The molecule has 1 fully saturated rings. The summed E-state index contributed by atoms with van der Waals surface area (Å²) in [4.78, 5) is 29.3. The first kappa shape index (κ1) is 19.4. The molecule has 0 bridgehead atoms. The molecule has 7 heteroatoms. The highest BCUT2D eigenvalue weighted by Crippen LogP contribution is 2.19. The van der Waals surface area contributed by atoms with Gasteiger partial charge in [0.15, 0.2) is 0 Å². The molecule has 7 nitrogen and oxygen atoms in total. The zero-order valence-corrected chi connectivity index (χ0v) is 15.7. The number of amides is 1. The van der Waals surface area contributed by atoms with Gasteiger partial charge in [-0.25, -0.2) is 9.78 Å². The van der Waals surface area contributed by atoms with Gasteiger partial charge in [0.05, 0.1) is 7.11 Å². The smallest absolute Gasteiger partial charge is 0.328 e. The lowest BCUT2D eigenvalue weighted by Gasteiger charge is -2.32. The number of nitrogens with zero attached hydrogens (tertiary/aromatic N) is 2. The fourth-order valence-electron chi connectivity index (χ4n) is 3.11. The van der Waals surface area contributed by atoms with Crippen LogP contribution in [0.1, 0.15) is 28.8 Å². The molecule has 2 aromatic rings. The van der Waals surface area contributed by atoms with Gasteiger partial charge in [0, 0.05) is 37.0 Å². The lowest BCUT2D eigenvalue weighted by atomic mass is 10.0. The second kappa shape index (κ2) is 9.03. The van der Waals surface area contributed by atoms with Crippen molar-refractivity contribution in [2.45, 2.75) is 18.9 Å². The van der Waals surface area contributed by atoms with Gasteiger partial charge in [0.25, 0.3) is 5.91 Å². The summed E-state index contributed by atoms with van der Waals surface area (Å²) >= 11 is 0. The molecular formula is C21H23N3O4. The van der Waals surface area contributed by atoms with E-state index >= 15 is 0 Å². The van der Waals surface area contributed by atoms with Gasteiger partial charge < -0.3 is 20.1 Å². The maximum absolute atomic E-state index is 12.6. The largest absolute Gasteiger partial charge is 0.497 e. The van der Waals surface area contributed by atoms with Crippen molar-refractivity contribution >= 4 is 23.8 Å². The number of nitrogens with one attached hydrogen (secondary N) is 1. The lowest BCUT2D eigenvalue weighted by Crippen LogP contribution is -2.42. The molecule has 1 saturated heterocycles. The van der Waals surface area contributed by atoms with Crippen molar-refractivity contribution in [3.63, 3.8) is 0 Å². The predicted octanol–water partition coefficient (Wildman–Crippen LogP) is 2.90. The molecule has 0 saturated carbocycles. The second-order valence-corrected chi connectivity index (χ2v) is 6.59. The Hall–Kier alpha value is -3.35. The highest BCUT2D eigenvalue weighted by molar-refractivity contribution is 5.94. The molecule has 0 unspecified atom stereocenters. The summed E-state index contributed by atoms with van der Waals surface area (Å²) in [6, 6.07) is 11.1. The van der Waals surface area contributed by atoms with E-state index < -0.39 is 5.97 Å². The summed E-state index contributed by atoms with van der Waals surface area (Å²) < 4.78 is 5.13. The van der Waals surface area contributed by atoms with Crippen LogP contribution in [-0.4, -0.2) is 53.1 Å². The summed E-state index contributed by atoms with van der Waals surface area (Å²) in [6.07, 6.45) is 5.89. The summed E-state index contributed by atoms with van der Waals surface area (Å²) in [5.74, 6) is 0.524. The number of likely N-dealkylation sites (tertiary alicyclic amines) is 1. The van der Waals surface area contributed by atoms with E-state index in [0.717, 1.165) is 36.0 Å². The van der Waals surface area contributed by atoms with Gasteiger partial charge in [0.2, 0.25) is 0 Å². The van der Waals surface area contributed by atoms with Crippen molar-refractivity contribution in [1.29, 1.82) is 0 Å². The van der Waals surface area contributed by atoms with Gasteiger partial charge >= 0.3 is 5.97 Å². The highest BCUT2D eigenvalue weighted by atomic mass is 16.5. The third kappa shape index (κ3) is 5.09. The Labute approximate surface area is 163 Å². The zero-order valence-electron chi connectivity index (χ0n) is 15.7. The molecule has 1 aromatic heterocycles. The van der Waals surface area contributed by atoms with Crippen LogP contribution in [0.15, 0.2) is 48.7 Å². The number of carbonyl (C=O) groups excluding carboxylic acids is 1. The van der Waals surface area contributed by atoms with E-state index in [-0.39, 0.29) is 11.9 Å². The van der Waals surface area contributed by atoms with Crippen molar-refractivity contribution in [2.24, 2.45) is 0 Å². The quantitative estimate of drug-likeness (QED) is 0.748. The first-order chi connectivity index (χ1) is 13.5. The Balaban J connectivity index is 1.50. The van der Waals surface area contributed by atoms with E-state index in [9.17, 15) is 9.59 Å². The summed E-state index contributed by atoms with van der Waals surface area (Å²) in [5.41, 5.74) is 1.40. The van der Waals surface area contributed by atoms with Crippen LogP contribution < -0.4 is 10.1 Å². The summed E-state index contributed by atoms with van der Waals surface area (Å²) in [5, 5.41) is 12.0. The van der Waals surface area contributed by atoms with Gasteiger partial charge in [-0.2, -0.15) is 0 Å². The summed E-state index contributed by atoms with van der Waals surface area (Å²) in [7, 11) is 1.60. The molecule has 1 aromatic carbocycles. The van der Waals surface area contributed by atoms with Crippen LogP contribution >= 0.6 is 0 Å². The van der Waals surface area contributed by atoms with E-state index in [1.165, 1.54) is 6.08 Å². The topological polar surface area (TPSA) is 91.8 Å². The van der Waals surface area contributed by atoms with Gasteiger partial charge in [0.1, 0.15) is 11.6 Å². The Kier molecular flexibility index (Phi) is 6.26. The molecule has 3 rings (SSSR count). The molecule has 146 valence electrons. The zero-order chi connectivity index (χ0) is 19.9. The fraction of sp³-hybridized carbons (Fsp3) is 0.286. The first-order valence-electron chi connectivity index (χ1n) is 9.12. The summed E-state index contributed by atoms with van der Waals surface area (Å²) in [6.45, 7) is 1.37. The van der Waals surface area contributed by atoms with E-state index in [0.29, 0.717) is 18.7 Å². The maximum atomic E-state index is 12.6. The number of carboxylic acids is 1. The van der Waals surface area contributed by atoms with Crippen LogP contribution in [0, 0.1) is 0 Å². The highest BCUT2D eigenvalue weighted by Gasteiger charge is 2.23. The number of ether oxygens (including phenoxy) is 1. The number of benzene rings is 1. The number of hydrogen-bond acceptors (Lipinski definition) is 5. The maximum Gasteiger partial charge on any atom is 0.328 e. The monoisotopic (exact) mass is 381 g/mol. The molecule has 28 heavy (non-hydrogen) atoms.